The normalized spacial score (nSPS) is 11.4. The number of hydrogen-bond acceptors (Lipinski definition) is 6. The molecule has 2 heterocycles. The molecule has 0 aliphatic heterocycles. The minimum absolute atomic E-state index is 0.173. The van der Waals surface area contributed by atoms with E-state index in [9.17, 15) is 8.78 Å². The lowest BCUT2D eigenvalue weighted by Gasteiger charge is -2.06. The van der Waals surface area contributed by atoms with Crippen LogP contribution in [0.5, 0.6) is 5.75 Å². The Kier molecular flexibility index (Phi) is 4.76. The van der Waals surface area contributed by atoms with Gasteiger partial charge in [0.25, 0.3) is 11.1 Å². The maximum Gasteiger partial charge on any atom is 0.320 e. The summed E-state index contributed by atoms with van der Waals surface area (Å²) in [5.74, 6) is 1.33. The third-order valence-electron chi connectivity index (χ3n) is 3.93. The number of hydrogen-bond donors (Lipinski definition) is 0. The lowest BCUT2D eigenvalue weighted by Crippen LogP contribution is -2.03. The Balaban J connectivity index is 1.58. The number of imidazole rings is 1. The monoisotopic (exact) mass is 388 g/mol. The highest BCUT2D eigenvalue weighted by Gasteiger charge is 2.19. The van der Waals surface area contributed by atoms with Gasteiger partial charge in [0.05, 0.1) is 29.5 Å². The highest BCUT2D eigenvalue weighted by molar-refractivity contribution is 7.98. The minimum atomic E-state index is -2.68. The zero-order chi connectivity index (χ0) is 18.8. The molecule has 0 unspecified atom stereocenters. The third-order valence-corrected chi connectivity index (χ3v) is 4.75. The van der Waals surface area contributed by atoms with Crippen molar-refractivity contribution in [1.82, 2.24) is 19.7 Å². The molecule has 0 fully saturated rings. The van der Waals surface area contributed by atoms with Crippen LogP contribution in [0, 0.1) is 0 Å². The van der Waals surface area contributed by atoms with Crippen molar-refractivity contribution in [3.63, 3.8) is 0 Å². The molecule has 0 saturated carbocycles. The molecule has 138 valence electrons. The highest BCUT2D eigenvalue weighted by Crippen LogP contribution is 2.32. The second-order valence-electron chi connectivity index (χ2n) is 5.53. The van der Waals surface area contributed by atoms with E-state index in [0.29, 0.717) is 28.2 Å². The number of halogens is 2. The van der Waals surface area contributed by atoms with Gasteiger partial charge in [-0.05, 0) is 24.3 Å². The van der Waals surface area contributed by atoms with E-state index in [0.717, 1.165) is 16.3 Å². The summed E-state index contributed by atoms with van der Waals surface area (Å²) < 4.78 is 38.8. The first kappa shape index (κ1) is 17.5. The molecule has 0 bridgehead atoms. The Labute approximate surface area is 157 Å². The zero-order valence-corrected chi connectivity index (χ0v) is 15.0. The van der Waals surface area contributed by atoms with E-state index in [1.807, 2.05) is 12.1 Å². The molecule has 2 aromatic carbocycles. The van der Waals surface area contributed by atoms with Gasteiger partial charge in [-0.2, -0.15) is 8.78 Å². The van der Waals surface area contributed by atoms with Gasteiger partial charge in [-0.15, -0.1) is 10.2 Å². The number of aromatic nitrogens is 4. The molecule has 4 aromatic rings. The molecule has 0 saturated heterocycles. The van der Waals surface area contributed by atoms with E-state index in [-0.39, 0.29) is 16.8 Å². The van der Waals surface area contributed by atoms with Gasteiger partial charge in [0.2, 0.25) is 0 Å². The second kappa shape index (κ2) is 7.36. The summed E-state index contributed by atoms with van der Waals surface area (Å²) in [6.45, 7) is -2.68. The lowest BCUT2D eigenvalue weighted by atomic mass is 10.2. The number of fused-ring (bicyclic) bond motifs is 1. The number of methoxy groups -OCH3 is 1. The second-order valence-corrected chi connectivity index (χ2v) is 6.45. The molecule has 0 atom stereocenters. The Morgan fingerprint density at radius 3 is 2.70 bits per heavy atom. The molecule has 0 N–H and O–H groups in total. The van der Waals surface area contributed by atoms with Gasteiger partial charge >= 0.3 is 6.55 Å². The van der Waals surface area contributed by atoms with Crippen LogP contribution in [0.3, 0.4) is 0 Å². The van der Waals surface area contributed by atoms with Gasteiger partial charge in [0, 0.05) is 0 Å². The SMILES string of the molecule is COc1ccccc1-c1nnc(SCc2nc3ccccc3n2C(F)F)o1. The molecule has 0 amide bonds. The third kappa shape index (κ3) is 3.37. The van der Waals surface area contributed by atoms with E-state index in [4.69, 9.17) is 9.15 Å². The first-order chi connectivity index (χ1) is 13.2. The number of para-hydroxylation sites is 3. The molecule has 4 rings (SSSR count). The van der Waals surface area contributed by atoms with Crippen LogP contribution in [-0.2, 0) is 5.75 Å². The van der Waals surface area contributed by atoms with E-state index in [1.165, 1.54) is 0 Å². The molecule has 0 aliphatic carbocycles. The molecule has 9 heteroatoms. The fourth-order valence-corrected chi connectivity index (χ4v) is 3.43. The number of alkyl halides is 2. The highest BCUT2D eigenvalue weighted by atomic mass is 32.2. The van der Waals surface area contributed by atoms with E-state index in [2.05, 4.69) is 15.2 Å². The van der Waals surface area contributed by atoms with Crippen LogP contribution in [0.1, 0.15) is 12.4 Å². The minimum Gasteiger partial charge on any atom is -0.496 e. The fraction of sp³-hybridized carbons (Fsp3) is 0.167. The molecule has 6 nitrogen and oxygen atoms in total. The van der Waals surface area contributed by atoms with Crippen LogP contribution in [0.15, 0.2) is 58.2 Å². The smallest absolute Gasteiger partial charge is 0.320 e. The summed E-state index contributed by atoms with van der Waals surface area (Å²) in [4.78, 5) is 4.29. The number of thioether (sulfide) groups is 1. The maximum atomic E-state index is 13.5. The number of benzene rings is 2. The molecule has 27 heavy (non-hydrogen) atoms. The van der Waals surface area contributed by atoms with Gasteiger partial charge in [-0.25, -0.2) is 4.98 Å². The topological polar surface area (TPSA) is 66.0 Å². The van der Waals surface area contributed by atoms with Crippen molar-refractivity contribution in [2.75, 3.05) is 7.11 Å². The first-order valence-corrected chi connectivity index (χ1v) is 8.99. The van der Waals surface area contributed by atoms with Gasteiger partial charge in [0.15, 0.2) is 0 Å². The van der Waals surface area contributed by atoms with Crippen molar-refractivity contribution < 1.29 is 17.9 Å². The standard InChI is InChI=1S/C18H14F2N4O2S/c1-25-14-9-5-2-6-11(14)16-22-23-18(26-16)27-10-15-21-12-7-3-4-8-13(12)24(15)17(19)20/h2-9,17H,10H2,1H3. The van der Waals surface area contributed by atoms with Crippen molar-refractivity contribution in [3.8, 4) is 17.2 Å². The molecule has 0 aliphatic rings. The van der Waals surface area contributed by atoms with Crippen LogP contribution in [0.2, 0.25) is 0 Å². The average Bonchev–Trinajstić information content (AvgIpc) is 3.30. The Bertz CT molecular complexity index is 1080. The maximum absolute atomic E-state index is 13.5. The van der Waals surface area contributed by atoms with Crippen molar-refractivity contribution in [3.05, 3.63) is 54.4 Å². The number of rotatable bonds is 6. The van der Waals surface area contributed by atoms with Gasteiger partial charge in [0.1, 0.15) is 11.6 Å². The quantitative estimate of drug-likeness (QED) is 0.443. The zero-order valence-electron chi connectivity index (χ0n) is 14.2. The molecule has 0 spiro atoms. The average molecular weight is 388 g/mol. The summed E-state index contributed by atoms with van der Waals surface area (Å²) in [6.07, 6.45) is 0. The van der Waals surface area contributed by atoms with Crippen LogP contribution in [0.25, 0.3) is 22.5 Å². The number of ether oxygens (including phenoxy) is 1. The van der Waals surface area contributed by atoms with Crippen molar-refractivity contribution in [1.29, 1.82) is 0 Å². The predicted molar refractivity (Wildman–Crippen MR) is 96.8 cm³/mol. The summed E-state index contributed by atoms with van der Waals surface area (Å²) >= 11 is 1.15. The van der Waals surface area contributed by atoms with Gasteiger partial charge in [-0.3, -0.25) is 4.57 Å². The lowest BCUT2D eigenvalue weighted by molar-refractivity contribution is 0.0722. The van der Waals surface area contributed by atoms with E-state index < -0.39 is 6.55 Å². The van der Waals surface area contributed by atoms with Gasteiger partial charge < -0.3 is 9.15 Å². The number of nitrogens with zero attached hydrogens (tertiary/aromatic N) is 4. The molecule has 0 radical (unpaired) electrons. The molecular weight excluding hydrogens is 374 g/mol. The first-order valence-electron chi connectivity index (χ1n) is 8.01. The van der Waals surface area contributed by atoms with Crippen molar-refractivity contribution in [2.45, 2.75) is 17.5 Å². The Morgan fingerprint density at radius 2 is 1.89 bits per heavy atom. The Morgan fingerprint density at radius 1 is 1.11 bits per heavy atom. The summed E-state index contributed by atoms with van der Waals surface area (Å²) in [5, 5.41) is 8.26. The van der Waals surface area contributed by atoms with E-state index >= 15 is 0 Å². The largest absolute Gasteiger partial charge is 0.496 e. The van der Waals surface area contributed by atoms with Crippen molar-refractivity contribution >= 4 is 22.8 Å². The van der Waals surface area contributed by atoms with Gasteiger partial charge in [-0.1, -0.05) is 36.0 Å². The Hall–Kier alpha value is -2.94. The fourth-order valence-electron chi connectivity index (χ4n) is 2.74. The predicted octanol–water partition coefficient (Wildman–Crippen LogP) is 4.78. The summed E-state index contributed by atoms with van der Waals surface area (Å²) in [5.41, 5.74) is 1.58. The van der Waals surface area contributed by atoms with Crippen LogP contribution in [0.4, 0.5) is 8.78 Å². The van der Waals surface area contributed by atoms with Crippen LogP contribution >= 0.6 is 11.8 Å². The van der Waals surface area contributed by atoms with E-state index in [1.54, 1.807) is 43.5 Å². The molecule has 2 aromatic heterocycles. The van der Waals surface area contributed by atoms with Crippen LogP contribution in [-0.4, -0.2) is 26.9 Å². The summed E-state index contributed by atoms with van der Waals surface area (Å²) in [7, 11) is 1.56. The summed E-state index contributed by atoms with van der Waals surface area (Å²) in [6, 6.07) is 14.1. The molecular formula is C18H14F2N4O2S. The van der Waals surface area contributed by atoms with Crippen molar-refractivity contribution in [2.24, 2.45) is 0 Å². The van der Waals surface area contributed by atoms with Crippen LogP contribution < -0.4 is 4.74 Å².